The number of phenols is 2. The van der Waals surface area contributed by atoms with Crippen molar-refractivity contribution in [2.45, 2.75) is 10.5 Å². The van der Waals surface area contributed by atoms with E-state index in [-0.39, 0.29) is 11.5 Å². The van der Waals surface area contributed by atoms with Crippen LogP contribution in [0, 0.1) is 29.1 Å². The molecule has 1 spiro atoms. The summed E-state index contributed by atoms with van der Waals surface area (Å²) >= 11 is 3.61. The van der Waals surface area contributed by atoms with E-state index in [0.717, 1.165) is 12.1 Å². The van der Waals surface area contributed by atoms with Gasteiger partial charge in [0.2, 0.25) is 0 Å². The zero-order valence-electron chi connectivity index (χ0n) is 14.8. The Morgan fingerprint density at radius 1 is 0.806 bits per heavy atom. The minimum atomic E-state index is -2.53. The number of esters is 1. The maximum atomic E-state index is 15.3. The molecule has 2 aliphatic rings. The molecule has 11 heteroatoms. The molecule has 0 saturated carbocycles. The van der Waals surface area contributed by atoms with Crippen molar-refractivity contribution in [3.8, 4) is 23.0 Å². The average molecular weight is 454 g/mol. The molecule has 0 aliphatic carbocycles. The summed E-state index contributed by atoms with van der Waals surface area (Å²) in [7, 11) is 0. The van der Waals surface area contributed by atoms with Gasteiger partial charge in [0.15, 0.2) is 40.4 Å². The van der Waals surface area contributed by atoms with E-state index >= 15 is 4.39 Å². The summed E-state index contributed by atoms with van der Waals surface area (Å²) in [6.07, 6.45) is 0. The summed E-state index contributed by atoms with van der Waals surface area (Å²) in [6, 6.07) is 2.78. The lowest BCUT2D eigenvalue weighted by atomic mass is 9.77. The monoisotopic (exact) mass is 454 g/mol. The van der Waals surface area contributed by atoms with Crippen LogP contribution in [0.15, 0.2) is 29.2 Å². The molecule has 2 N–H and O–H groups in total. The van der Waals surface area contributed by atoms with E-state index in [2.05, 4.69) is 12.6 Å². The molecule has 158 valence electrons. The Morgan fingerprint density at radius 2 is 1.32 bits per heavy atom. The Morgan fingerprint density at radius 3 is 1.84 bits per heavy atom. The third kappa shape index (κ3) is 2.29. The summed E-state index contributed by atoms with van der Waals surface area (Å²) in [4.78, 5) is 11.5. The van der Waals surface area contributed by atoms with E-state index in [1.807, 2.05) is 0 Å². The third-order valence-corrected chi connectivity index (χ3v) is 5.57. The number of aromatic hydroxyl groups is 2. The van der Waals surface area contributed by atoms with Gasteiger partial charge in [-0.15, -0.1) is 12.6 Å². The van der Waals surface area contributed by atoms with Gasteiger partial charge < -0.3 is 19.7 Å². The molecule has 2 heterocycles. The number of fused-ring (bicyclic) bond motifs is 6. The van der Waals surface area contributed by atoms with Crippen molar-refractivity contribution in [2.24, 2.45) is 0 Å². The number of carbonyl (C=O) groups excluding carboxylic acids is 1. The lowest BCUT2D eigenvalue weighted by Crippen LogP contribution is -2.34. The number of hydrogen-bond donors (Lipinski definition) is 3. The Hall–Kier alpha value is -3.47. The molecule has 0 unspecified atom stereocenters. The normalized spacial score (nSPS) is 15.2. The number of rotatable bonds is 0. The highest BCUT2D eigenvalue weighted by Crippen LogP contribution is 2.59. The largest absolute Gasteiger partial charge is 0.505 e. The molecule has 0 bridgehead atoms. The van der Waals surface area contributed by atoms with Crippen molar-refractivity contribution < 1.29 is 46.4 Å². The second kappa shape index (κ2) is 6.03. The smallest absolute Gasteiger partial charge is 0.343 e. The fourth-order valence-electron chi connectivity index (χ4n) is 3.86. The van der Waals surface area contributed by atoms with Crippen LogP contribution >= 0.6 is 12.6 Å². The van der Waals surface area contributed by atoms with Crippen molar-refractivity contribution in [1.29, 1.82) is 0 Å². The first-order valence-electron chi connectivity index (χ1n) is 8.45. The summed E-state index contributed by atoms with van der Waals surface area (Å²) in [6.45, 7) is 0. The van der Waals surface area contributed by atoms with Crippen LogP contribution in [0.2, 0.25) is 0 Å². The van der Waals surface area contributed by atoms with E-state index in [4.69, 9.17) is 9.47 Å². The highest BCUT2D eigenvalue weighted by atomic mass is 32.1. The van der Waals surface area contributed by atoms with Gasteiger partial charge in [-0.3, -0.25) is 0 Å². The number of benzene rings is 3. The molecule has 0 atom stereocenters. The molecule has 0 fully saturated rings. The van der Waals surface area contributed by atoms with Crippen LogP contribution in [0.25, 0.3) is 0 Å². The number of phenolic OH excluding ortho intramolecular Hbond substituents is 2. The zero-order chi connectivity index (χ0) is 22.4. The topological polar surface area (TPSA) is 76.0 Å². The quantitative estimate of drug-likeness (QED) is 0.200. The number of hydrogen-bond acceptors (Lipinski definition) is 6. The first kappa shape index (κ1) is 19.5. The minimum absolute atomic E-state index is 0.372. The van der Waals surface area contributed by atoms with Gasteiger partial charge in [0.05, 0.1) is 21.6 Å². The molecule has 0 amide bonds. The molecule has 5 nitrogen and oxygen atoms in total. The summed E-state index contributed by atoms with van der Waals surface area (Å²) in [5.41, 5.74) is -5.43. The number of carbonyl (C=O) groups is 1. The minimum Gasteiger partial charge on any atom is -0.505 e. The Kier molecular flexibility index (Phi) is 3.79. The molecule has 3 aromatic rings. The van der Waals surface area contributed by atoms with E-state index in [1.165, 1.54) is 0 Å². The predicted molar refractivity (Wildman–Crippen MR) is 95.1 cm³/mol. The fourth-order valence-corrected chi connectivity index (χ4v) is 4.07. The van der Waals surface area contributed by atoms with E-state index in [9.17, 15) is 32.6 Å². The number of thiol groups is 1. The lowest BCUT2D eigenvalue weighted by Gasteiger charge is -2.36. The van der Waals surface area contributed by atoms with Crippen LogP contribution in [0.5, 0.6) is 23.0 Å². The van der Waals surface area contributed by atoms with Crippen LogP contribution in [0.4, 0.5) is 22.0 Å². The third-order valence-electron chi connectivity index (χ3n) is 5.18. The van der Waals surface area contributed by atoms with Gasteiger partial charge in [-0.2, -0.15) is 0 Å². The molecule has 0 saturated heterocycles. The first-order valence-corrected chi connectivity index (χ1v) is 8.89. The van der Waals surface area contributed by atoms with Crippen LogP contribution < -0.4 is 4.74 Å². The van der Waals surface area contributed by atoms with Crippen LogP contribution in [0.1, 0.15) is 27.0 Å². The second-order valence-electron chi connectivity index (χ2n) is 6.81. The van der Waals surface area contributed by atoms with Gasteiger partial charge >= 0.3 is 5.97 Å². The SMILES string of the molecule is O=C1OC2(c3cc(F)c(O)cc3Oc3cc(O)c(F)cc32)c2c(F)c(S)c(F)c(F)c21. The maximum Gasteiger partial charge on any atom is 0.343 e. The van der Waals surface area contributed by atoms with Gasteiger partial charge in [-0.1, -0.05) is 0 Å². The van der Waals surface area contributed by atoms with Crippen LogP contribution in [-0.2, 0) is 10.3 Å². The van der Waals surface area contributed by atoms with Gasteiger partial charge in [-0.25, -0.2) is 26.7 Å². The van der Waals surface area contributed by atoms with E-state index < -0.39 is 79.3 Å². The zero-order valence-corrected chi connectivity index (χ0v) is 15.7. The van der Waals surface area contributed by atoms with Crippen molar-refractivity contribution in [3.05, 3.63) is 75.6 Å². The van der Waals surface area contributed by atoms with Crippen molar-refractivity contribution in [1.82, 2.24) is 0 Å². The van der Waals surface area contributed by atoms with E-state index in [0.29, 0.717) is 12.1 Å². The lowest BCUT2D eigenvalue weighted by molar-refractivity contribution is 0.0212. The van der Waals surface area contributed by atoms with Gasteiger partial charge in [-0.05, 0) is 12.1 Å². The van der Waals surface area contributed by atoms with Crippen LogP contribution in [-0.4, -0.2) is 16.2 Å². The fraction of sp³-hybridized carbons (Fsp3) is 0.0500. The summed E-state index contributed by atoms with van der Waals surface area (Å²) in [5, 5.41) is 19.4. The van der Waals surface area contributed by atoms with Crippen molar-refractivity contribution in [2.75, 3.05) is 0 Å². The molecular formula is C20H7F5O5S. The predicted octanol–water partition coefficient (Wildman–Crippen LogP) is 4.65. The first-order chi connectivity index (χ1) is 14.6. The maximum absolute atomic E-state index is 15.3. The summed E-state index contributed by atoms with van der Waals surface area (Å²) < 4.78 is 83.2. The van der Waals surface area contributed by atoms with Crippen molar-refractivity contribution in [3.63, 3.8) is 0 Å². The average Bonchev–Trinajstić information content (AvgIpc) is 3.02. The highest BCUT2D eigenvalue weighted by Gasteiger charge is 2.58. The molecule has 2 aliphatic heterocycles. The molecule has 31 heavy (non-hydrogen) atoms. The molecular weight excluding hydrogens is 447 g/mol. The Labute approximate surface area is 174 Å². The van der Waals surface area contributed by atoms with E-state index in [1.54, 1.807) is 0 Å². The number of halogens is 5. The Bertz CT molecular complexity index is 1300. The molecule has 0 aromatic heterocycles. The van der Waals surface area contributed by atoms with Gasteiger partial charge in [0.1, 0.15) is 22.9 Å². The summed E-state index contributed by atoms with van der Waals surface area (Å²) in [5.74, 6) is -11.6. The molecule has 0 radical (unpaired) electrons. The number of ether oxygens (including phenoxy) is 2. The van der Waals surface area contributed by atoms with Crippen molar-refractivity contribution >= 4 is 18.6 Å². The van der Waals surface area contributed by atoms with Gasteiger partial charge in [0, 0.05) is 12.1 Å². The Balaban J connectivity index is 2.00. The van der Waals surface area contributed by atoms with Crippen LogP contribution in [0.3, 0.4) is 0 Å². The molecule has 5 rings (SSSR count). The molecule has 3 aromatic carbocycles. The van der Waals surface area contributed by atoms with Gasteiger partial charge in [0.25, 0.3) is 0 Å². The highest BCUT2D eigenvalue weighted by molar-refractivity contribution is 7.80. The standard InChI is InChI=1S/C20H7F5O5S/c21-7-1-5-11(3-9(7)26)29-12-4-10(27)8(22)2-6(12)20(5)14-13(19(28)30-20)15(23)17(25)18(31)16(14)24/h1-4,26-27,31H. The second-order valence-corrected chi connectivity index (χ2v) is 7.26.